The highest BCUT2D eigenvalue weighted by atomic mass is 16.3. The molecular weight excluding hydrogens is 126 g/mol. The smallest absolute Gasteiger partial charge is 0.0703 e. The highest BCUT2D eigenvalue weighted by Crippen LogP contribution is 2.01. The van der Waals surface area contributed by atoms with Gasteiger partial charge < -0.3 is 10.0 Å². The van der Waals surface area contributed by atoms with Gasteiger partial charge in [-0.25, -0.2) is 0 Å². The summed E-state index contributed by atoms with van der Waals surface area (Å²) in [6, 6.07) is 0. The molecule has 2 heteroatoms. The number of hydrogen-bond donors (Lipinski definition) is 1. The fourth-order valence-corrected chi connectivity index (χ4v) is 0.888. The van der Waals surface area contributed by atoms with E-state index in [1.165, 1.54) is 0 Å². The van der Waals surface area contributed by atoms with Gasteiger partial charge in [0.05, 0.1) is 6.10 Å². The third-order valence-electron chi connectivity index (χ3n) is 1.16. The quantitative estimate of drug-likeness (QED) is 0.590. The second kappa shape index (κ2) is 4.47. The molecule has 2 nitrogen and oxygen atoms in total. The fourth-order valence-electron chi connectivity index (χ4n) is 0.888. The number of aliphatic hydroxyl groups is 1. The minimum atomic E-state index is -0.257. The Morgan fingerprint density at radius 2 is 2.10 bits per heavy atom. The van der Waals surface area contributed by atoms with Crippen molar-refractivity contribution in [1.29, 1.82) is 0 Å². The van der Waals surface area contributed by atoms with Gasteiger partial charge in [-0.15, -0.1) is 6.58 Å². The first-order valence-electron chi connectivity index (χ1n) is 3.49. The van der Waals surface area contributed by atoms with E-state index in [1.54, 1.807) is 0 Å². The average Bonchev–Trinajstić information content (AvgIpc) is 1.58. The number of nitrogens with zero attached hydrogens (tertiary/aromatic N) is 1. The van der Waals surface area contributed by atoms with Crippen LogP contribution in [0.4, 0.5) is 0 Å². The molecule has 0 aliphatic rings. The molecule has 0 amide bonds. The Bertz CT molecular complexity index is 110. The van der Waals surface area contributed by atoms with Crippen LogP contribution in [-0.2, 0) is 0 Å². The molecule has 0 bridgehead atoms. The van der Waals surface area contributed by atoms with Crippen molar-refractivity contribution >= 4 is 0 Å². The van der Waals surface area contributed by atoms with E-state index in [0.717, 1.165) is 5.57 Å². The van der Waals surface area contributed by atoms with E-state index in [4.69, 9.17) is 0 Å². The lowest BCUT2D eigenvalue weighted by Gasteiger charge is -2.15. The zero-order valence-corrected chi connectivity index (χ0v) is 7.09. The standard InChI is InChI=1S/C8H17NO/c1-7(2)5-8(10)6-9(3)4/h8,10H,1,5-6H2,2-4H3. The monoisotopic (exact) mass is 143 g/mol. The summed E-state index contributed by atoms with van der Waals surface area (Å²) in [5.74, 6) is 0. The molecule has 0 aliphatic heterocycles. The van der Waals surface area contributed by atoms with Crippen molar-refractivity contribution in [3.8, 4) is 0 Å². The van der Waals surface area contributed by atoms with E-state index in [1.807, 2.05) is 25.9 Å². The first-order chi connectivity index (χ1) is 4.52. The molecule has 1 atom stereocenters. The summed E-state index contributed by atoms with van der Waals surface area (Å²) in [5, 5.41) is 9.29. The Morgan fingerprint density at radius 3 is 2.40 bits per heavy atom. The Morgan fingerprint density at radius 1 is 1.60 bits per heavy atom. The van der Waals surface area contributed by atoms with Gasteiger partial charge in [-0.1, -0.05) is 5.57 Å². The molecule has 1 unspecified atom stereocenters. The topological polar surface area (TPSA) is 23.5 Å². The summed E-state index contributed by atoms with van der Waals surface area (Å²) in [7, 11) is 3.89. The lowest BCUT2D eigenvalue weighted by molar-refractivity contribution is 0.137. The molecule has 0 rings (SSSR count). The highest BCUT2D eigenvalue weighted by molar-refractivity contribution is 4.90. The Labute approximate surface area is 63.2 Å². The lowest BCUT2D eigenvalue weighted by atomic mass is 10.1. The number of rotatable bonds is 4. The van der Waals surface area contributed by atoms with E-state index in [9.17, 15) is 5.11 Å². The summed E-state index contributed by atoms with van der Waals surface area (Å²) in [6.07, 6.45) is 0.450. The van der Waals surface area contributed by atoms with Crippen molar-refractivity contribution in [2.24, 2.45) is 0 Å². The molecule has 10 heavy (non-hydrogen) atoms. The second-order valence-corrected chi connectivity index (χ2v) is 3.08. The second-order valence-electron chi connectivity index (χ2n) is 3.08. The summed E-state index contributed by atoms with van der Waals surface area (Å²) in [6.45, 7) is 6.37. The molecule has 0 aromatic heterocycles. The highest BCUT2D eigenvalue weighted by Gasteiger charge is 2.04. The zero-order valence-electron chi connectivity index (χ0n) is 7.09. The third kappa shape index (κ3) is 5.79. The van der Waals surface area contributed by atoms with Crippen LogP contribution in [0.5, 0.6) is 0 Å². The van der Waals surface area contributed by atoms with Crippen LogP contribution in [0.1, 0.15) is 13.3 Å². The molecule has 0 aliphatic carbocycles. The summed E-state index contributed by atoms with van der Waals surface area (Å²) in [5.41, 5.74) is 1.04. The van der Waals surface area contributed by atoms with Crippen LogP contribution in [0.25, 0.3) is 0 Å². The predicted molar refractivity (Wildman–Crippen MR) is 44.0 cm³/mol. The van der Waals surface area contributed by atoms with Gasteiger partial charge in [0.25, 0.3) is 0 Å². The van der Waals surface area contributed by atoms with Crippen molar-refractivity contribution in [3.05, 3.63) is 12.2 Å². The molecule has 0 aromatic carbocycles. The van der Waals surface area contributed by atoms with Gasteiger partial charge >= 0.3 is 0 Å². The van der Waals surface area contributed by atoms with Crippen LogP contribution in [0.15, 0.2) is 12.2 Å². The number of aliphatic hydroxyl groups excluding tert-OH is 1. The van der Waals surface area contributed by atoms with Crippen LogP contribution in [0.2, 0.25) is 0 Å². The van der Waals surface area contributed by atoms with Gasteiger partial charge in [-0.2, -0.15) is 0 Å². The zero-order chi connectivity index (χ0) is 8.15. The van der Waals surface area contributed by atoms with Gasteiger partial charge in [0.15, 0.2) is 0 Å². The summed E-state index contributed by atoms with van der Waals surface area (Å²) < 4.78 is 0. The molecular formula is C8H17NO. The molecule has 0 saturated heterocycles. The SMILES string of the molecule is C=C(C)CC(O)CN(C)C. The summed E-state index contributed by atoms with van der Waals surface area (Å²) in [4.78, 5) is 1.97. The Kier molecular flexibility index (Phi) is 4.32. The fraction of sp³-hybridized carbons (Fsp3) is 0.750. The van der Waals surface area contributed by atoms with Crippen molar-refractivity contribution in [2.75, 3.05) is 20.6 Å². The Hall–Kier alpha value is -0.340. The average molecular weight is 143 g/mol. The van der Waals surface area contributed by atoms with Crippen molar-refractivity contribution < 1.29 is 5.11 Å². The van der Waals surface area contributed by atoms with Crippen LogP contribution >= 0.6 is 0 Å². The third-order valence-corrected chi connectivity index (χ3v) is 1.16. The largest absolute Gasteiger partial charge is 0.391 e. The summed E-state index contributed by atoms with van der Waals surface area (Å²) >= 11 is 0. The van der Waals surface area contributed by atoms with Crippen molar-refractivity contribution in [3.63, 3.8) is 0 Å². The Balaban J connectivity index is 3.43. The molecule has 0 radical (unpaired) electrons. The lowest BCUT2D eigenvalue weighted by Crippen LogP contribution is -2.25. The van der Waals surface area contributed by atoms with Gasteiger partial charge in [-0.3, -0.25) is 0 Å². The molecule has 1 N–H and O–H groups in total. The maximum atomic E-state index is 9.29. The molecule has 0 spiro atoms. The molecule has 0 aromatic rings. The first kappa shape index (κ1) is 9.66. The van der Waals surface area contributed by atoms with E-state index < -0.39 is 0 Å². The number of likely N-dealkylation sites (N-methyl/N-ethyl adjacent to an activating group) is 1. The maximum Gasteiger partial charge on any atom is 0.0703 e. The van der Waals surface area contributed by atoms with Gasteiger partial charge in [0.2, 0.25) is 0 Å². The van der Waals surface area contributed by atoms with Crippen molar-refractivity contribution in [2.45, 2.75) is 19.4 Å². The van der Waals surface area contributed by atoms with E-state index in [2.05, 4.69) is 6.58 Å². The van der Waals surface area contributed by atoms with E-state index in [-0.39, 0.29) is 6.10 Å². The van der Waals surface area contributed by atoms with E-state index in [0.29, 0.717) is 13.0 Å². The number of hydrogen-bond acceptors (Lipinski definition) is 2. The van der Waals surface area contributed by atoms with Crippen LogP contribution in [-0.4, -0.2) is 36.8 Å². The first-order valence-corrected chi connectivity index (χ1v) is 3.49. The van der Waals surface area contributed by atoms with Crippen molar-refractivity contribution in [1.82, 2.24) is 4.90 Å². The molecule has 60 valence electrons. The maximum absolute atomic E-state index is 9.29. The molecule has 0 fully saturated rings. The van der Waals surface area contributed by atoms with Gasteiger partial charge in [0.1, 0.15) is 0 Å². The minimum absolute atomic E-state index is 0.257. The minimum Gasteiger partial charge on any atom is -0.391 e. The molecule has 0 heterocycles. The van der Waals surface area contributed by atoms with Gasteiger partial charge in [-0.05, 0) is 27.4 Å². The van der Waals surface area contributed by atoms with Crippen LogP contribution < -0.4 is 0 Å². The van der Waals surface area contributed by atoms with Crippen LogP contribution in [0.3, 0.4) is 0 Å². The predicted octanol–water partition coefficient (Wildman–Crippen LogP) is 0.875. The van der Waals surface area contributed by atoms with E-state index >= 15 is 0 Å². The van der Waals surface area contributed by atoms with Gasteiger partial charge in [0, 0.05) is 6.54 Å². The van der Waals surface area contributed by atoms with Crippen LogP contribution in [0, 0.1) is 0 Å². The molecule has 0 saturated carbocycles. The normalized spacial score (nSPS) is 13.7.